The number of hydrogen-bond donors (Lipinski definition) is 1. The normalized spacial score (nSPS) is 24.0. The molecule has 1 heterocycles. The average molecular weight is 172 g/mol. The van der Waals surface area contributed by atoms with E-state index < -0.39 is 0 Å². The highest BCUT2D eigenvalue weighted by atomic mass is 16.5. The Bertz CT molecular complexity index is 117. The molecular weight excluding hydrogens is 152 g/mol. The van der Waals surface area contributed by atoms with Gasteiger partial charge in [-0.1, -0.05) is 6.92 Å². The molecule has 1 fully saturated rings. The van der Waals surface area contributed by atoms with Gasteiger partial charge in [-0.3, -0.25) is 4.90 Å². The van der Waals surface area contributed by atoms with Crippen LogP contribution in [0.4, 0.5) is 0 Å². The maximum atomic E-state index is 5.57. The predicted octanol–water partition coefficient (Wildman–Crippen LogP) is 0.446. The summed E-state index contributed by atoms with van der Waals surface area (Å²) in [6, 6.07) is 0.634. The Kier molecular flexibility index (Phi) is 4.58. The molecule has 0 bridgehead atoms. The predicted molar refractivity (Wildman–Crippen MR) is 50.1 cm³/mol. The molecule has 0 aromatic carbocycles. The van der Waals surface area contributed by atoms with E-state index in [9.17, 15) is 0 Å². The molecule has 0 aromatic heterocycles. The molecule has 12 heavy (non-hydrogen) atoms. The van der Waals surface area contributed by atoms with E-state index in [1.807, 2.05) is 0 Å². The van der Waals surface area contributed by atoms with Crippen molar-refractivity contribution in [1.82, 2.24) is 4.90 Å². The van der Waals surface area contributed by atoms with E-state index in [-0.39, 0.29) is 0 Å². The van der Waals surface area contributed by atoms with Crippen LogP contribution in [0.5, 0.6) is 0 Å². The second-order valence-corrected chi connectivity index (χ2v) is 3.33. The summed E-state index contributed by atoms with van der Waals surface area (Å²) >= 11 is 0. The molecular formula is C9H20N2O. The Morgan fingerprint density at radius 2 is 2.33 bits per heavy atom. The summed E-state index contributed by atoms with van der Waals surface area (Å²) in [5.74, 6) is 0. The van der Waals surface area contributed by atoms with E-state index in [0.29, 0.717) is 6.04 Å². The van der Waals surface area contributed by atoms with Crippen molar-refractivity contribution in [1.29, 1.82) is 0 Å². The summed E-state index contributed by atoms with van der Waals surface area (Å²) in [7, 11) is 0. The third kappa shape index (κ3) is 2.73. The molecule has 0 aromatic rings. The fourth-order valence-corrected chi connectivity index (χ4v) is 1.48. The largest absolute Gasteiger partial charge is 0.380 e. The third-order valence-electron chi connectivity index (χ3n) is 2.41. The van der Waals surface area contributed by atoms with Gasteiger partial charge in [-0.05, 0) is 12.8 Å². The molecule has 0 saturated carbocycles. The summed E-state index contributed by atoms with van der Waals surface area (Å²) in [5.41, 5.74) is 5.57. The van der Waals surface area contributed by atoms with Gasteiger partial charge in [0.05, 0.1) is 6.61 Å². The van der Waals surface area contributed by atoms with E-state index in [4.69, 9.17) is 10.5 Å². The molecule has 0 aliphatic carbocycles. The molecule has 1 rings (SSSR count). The highest BCUT2D eigenvalue weighted by Gasteiger charge is 2.25. The van der Waals surface area contributed by atoms with Gasteiger partial charge >= 0.3 is 0 Å². The standard InChI is InChI=1S/C9H20N2O/c1-2-6-12-7-5-11-4-3-9(11)8-10/h9H,2-8,10H2,1H3. The first-order valence-corrected chi connectivity index (χ1v) is 4.90. The van der Waals surface area contributed by atoms with Gasteiger partial charge < -0.3 is 10.5 Å². The van der Waals surface area contributed by atoms with Crippen molar-refractivity contribution in [2.24, 2.45) is 5.73 Å². The zero-order valence-electron chi connectivity index (χ0n) is 7.96. The number of ether oxygens (including phenoxy) is 1. The topological polar surface area (TPSA) is 38.5 Å². The molecule has 0 amide bonds. The lowest BCUT2D eigenvalue weighted by molar-refractivity contribution is 0.0443. The van der Waals surface area contributed by atoms with Crippen LogP contribution in [0.25, 0.3) is 0 Å². The number of likely N-dealkylation sites (tertiary alicyclic amines) is 1. The second kappa shape index (κ2) is 5.51. The molecule has 1 saturated heterocycles. The van der Waals surface area contributed by atoms with Crippen molar-refractivity contribution in [3.05, 3.63) is 0 Å². The van der Waals surface area contributed by atoms with Gasteiger partial charge in [0.2, 0.25) is 0 Å². The quantitative estimate of drug-likeness (QED) is 0.591. The number of nitrogens with two attached hydrogens (primary N) is 1. The number of nitrogens with zero attached hydrogens (tertiary/aromatic N) is 1. The molecule has 72 valence electrons. The van der Waals surface area contributed by atoms with Crippen LogP contribution in [0.3, 0.4) is 0 Å². The molecule has 1 unspecified atom stereocenters. The maximum Gasteiger partial charge on any atom is 0.0593 e. The molecule has 1 atom stereocenters. The molecule has 1 aliphatic rings. The van der Waals surface area contributed by atoms with Crippen molar-refractivity contribution in [3.63, 3.8) is 0 Å². The van der Waals surface area contributed by atoms with Crippen LogP contribution in [0.1, 0.15) is 19.8 Å². The molecule has 2 N–H and O–H groups in total. The van der Waals surface area contributed by atoms with Crippen LogP contribution in [-0.4, -0.2) is 43.8 Å². The van der Waals surface area contributed by atoms with Crippen molar-refractivity contribution in [2.75, 3.05) is 32.8 Å². The third-order valence-corrected chi connectivity index (χ3v) is 2.41. The van der Waals surface area contributed by atoms with Crippen molar-refractivity contribution in [3.8, 4) is 0 Å². The Balaban J connectivity index is 1.93. The van der Waals surface area contributed by atoms with Crippen LogP contribution in [-0.2, 0) is 4.74 Å². The van der Waals surface area contributed by atoms with E-state index >= 15 is 0 Å². The Hall–Kier alpha value is -0.120. The van der Waals surface area contributed by atoms with Crippen LogP contribution in [0.2, 0.25) is 0 Å². The van der Waals surface area contributed by atoms with E-state index in [2.05, 4.69) is 11.8 Å². The van der Waals surface area contributed by atoms with Crippen LogP contribution in [0.15, 0.2) is 0 Å². The smallest absolute Gasteiger partial charge is 0.0593 e. The van der Waals surface area contributed by atoms with E-state index in [1.165, 1.54) is 13.0 Å². The lowest BCUT2D eigenvalue weighted by atomic mass is 10.0. The molecule has 1 aliphatic heterocycles. The minimum atomic E-state index is 0.634. The minimum Gasteiger partial charge on any atom is -0.380 e. The Labute approximate surface area is 74.9 Å². The Morgan fingerprint density at radius 1 is 1.50 bits per heavy atom. The maximum absolute atomic E-state index is 5.57. The lowest BCUT2D eigenvalue weighted by Crippen LogP contribution is -2.52. The summed E-state index contributed by atoms with van der Waals surface area (Å²) in [4.78, 5) is 2.40. The van der Waals surface area contributed by atoms with Gasteiger partial charge in [-0.15, -0.1) is 0 Å². The summed E-state index contributed by atoms with van der Waals surface area (Å²) in [6.07, 6.45) is 2.38. The SMILES string of the molecule is CCCOCCN1CCC1CN. The zero-order valence-corrected chi connectivity index (χ0v) is 7.96. The fraction of sp³-hybridized carbons (Fsp3) is 1.00. The van der Waals surface area contributed by atoms with Gasteiger partial charge in [0.1, 0.15) is 0 Å². The van der Waals surface area contributed by atoms with Crippen LogP contribution < -0.4 is 5.73 Å². The second-order valence-electron chi connectivity index (χ2n) is 3.33. The van der Waals surface area contributed by atoms with E-state index in [0.717, 1.165) is 32.7 Å². The lowest BCUT2D eigenvalue weighted by Gasteiger charge is -2.40. The summed E-state index contributed by atoms with van der Waals surface area (Å²) in [5, 5.41) is 0. The van der Waals surface area contributed by atoms with Crippen LogP contribution >= 0.6 is 0 Å². The Morgan fingerprint density at radius 3 is 2.83 bits per heavy atom. The highest BCUT2D eigenvalue weighted by Crippen LogP contribution is 2.14. The molecule has 0 radical (unpaired) electrons. The van der Waals surface area contributed by atoms with E-state index in [1.54, 1.807) is 0 Å². The number of hydrogen-bond acceptors (Lipinski definition) is 3. The van der Waals surface area contributed by atoms with Crippen molar-refractivity contribution in [2.45, 2.75) is 25.8 Å². The van der Waals surface area contributed by atoms with Crippen molar-refractivity contribution >= 4 is 0 Å². The zero-order chi connectivity index (χ0) is 8.81. The monoisotopic (exact) mass is 172 g/mol. The summed E-state index contributed by atoms with van der Waals surface area (Å²) in [6.45, 7) is 6.95. The van der Waals surface area contributed by atoms with Gasteiger partial charge in [0, 0.05) is 32.3 Å². The molecule has 3 heteroatoms. The summed E-state index contributed by atoms with van der Waals surface area (Å²) < 4.78 is 5.40. The average Bonchev–Trinajstić information content (AvgIpc) is 2.03. The van der Waals surface area contributed by atoms with Gasteiger partial charge in [0.25, 0.3) is 0 Å². The highest BCUT2D eigenvalue weighted by molar-refractivity contribution is 4.82. The first-order chi connectivity index (χ1) is 5.88. The van der Waals surface area contributed by atoms with Crippen molar-refractivity contribution < 1.29 is 4.74 Å². The van der Waals surface area contributed by atoms with Gasteiger partial charge in [0.15, 0.2) is 0 Å². The van der Waals surface area contributed by atoms with Gasteiger partial charge in [-0.25, -0.2) is 0 Å². The molecule has 3 nitrogen and oxygen atoms in total. The molecule has 0 spiro atoms. The van der Waals surface area contributed by atoms with Gasteiger partial charge in [-0.2, -0.15) is 0 Å². The first-order valence-electron chi connectivity index (χ1n) is 4.90. The number of rotatable bonds is 6. The first kappa shape index (κ1) is 9.96. The van der Waals surface area contributed by atoms with Crippen LogP contribution in [0, 0.1) is 0 Å². The fourth-order valence-electron chi connectivity index (χ4n) is 1.48. The minimum absolute atomic E-state index is 0.634.